The number of carbonyl (C=O) groups excluding carboxylic acids is 2. The van der Waals surface area contributed by atoms with E-state index in [0.717, 1.165) is 48.1 Å². The second-order valence-electron chi connectivity index (χ2n) is 7.04. The molecule has 0 unspecified atom stereocenters. The molecule has 1 aliphatic rings. The number of rotatable bonds is 5. The molecule has 0 bridgehead atoms. The fraction of sp³-hybridized carbons (Fsp3) is 0.217. The Morgan fingerprint density at radius 1 is 0.821 bits per heavy atom. The van der Waals surface area contributed by atoms with Crippen molar-refractivity contribution in [1.82, 2.24) is 4.90 Å². The first-order valence-corrected chi connectivity index (χ1v) is 9.61. The van der Waals surface area contributed by atoms with Crippen molar-refractivity contribution in [1.29, 1.82) is 0 Å². The van der Waals surface area contributed by atoms with E-state index in [-0.39, 0.29) is 18.4 Å². The zero-order valence-electron chi connectivity index (χ0n) is 15.7. The predicted molar refractivity (Wildman–Crippen MR) is 113 cm³/mol. The highest BCUT2D eigenvalue weighted by Crippen LogP contribution is 2.19. The van der Waals surface area contributed by atoms with Crippen molar-refractivity contribution >= 4 is 34.0 Å². The van der Waals surface area contributed by atoms with E-state index in [1.165, 1.54) is 0 Å². The van der Waals surface area contributed by atoms with Crippen LogP contribution in [0.5, 0.6) is 0 Å². The average Bonchev–Trinajstić information content (AvgIpc) is 3.27. The lowest BCUT2D eigenvalue weighted by Gasteiger charge is -2.15. The number of likely N-dealkylation sites (tertiary alicyclic amines) is 1. The molecular formula is C23H23N3O2. The van der Waals surface area contributed by atoms with Gasteiger partial charge >= 0.3 is 0 Å². The molecule has 1 saturated heterocycles. The maximum atomic E-state index is 12.4. The highest BCUT2D eigenvalue weighted by Gasteiger charge is 2.19. The van der Waals surface area contributed by atoms with Crippen molar-refractivity contribution in [2.45, 2.75) is 12.8 Å². The Morgan fingerprint density at radius 2 is 1.50 bits per heavy atom. The summed E-state index contributed by atoms with van der Waals surface area (Å²) in [6.45, 7) is 1.84. The van der Waals surface area contributed by atoms with Crippen LogP contribution in [0.25, 0.3) is 10.8 Å². The number of nitrogens with one attached hydrogen (secondary N) is 2. The Balaban J connectivity index is 1.32. The molecule has 3 aromatic carbocycles. The minimum absolute atomic E-state index is 0.0816. The fourth-order valence-electron chi connectivity index (χ4n) is 3.49. The first-order valence-electron chi connectivity index (χ1n) is 9.61. The van der Waals surface area contributed by atoms with E-state index < -0.39 is 0 Å². The van der Waals surface area contributed by atoms with Gasteiger partial charge in [0.1, 0.15) is 0 Å². The lowest BCUT2D eigenvalue weighted by molar-refractivity contribution is -0.114. The van der Waals surface area contributed by atoms with Crippen LogP contribution in [0.3, 0.4) is 0 Å². The van der Waals surface area contributed by atoms with Crippen LogP contribution >= 0.6 is 0 Å². The summed E-state index contributed by atoms with van der Waals surface area (Å²) in [6.07, 6.45) is 2.16. The van der Waals surface area contributed by atoms with Crippen molar-refractivity contribution in [2.24, 2.45) is 0 Å². The SMILES string of the molecule is O=C(CNc1ccc(C(=O)N2CCCC2)cc1)Nc1ccc2ccccc2c1. The van der Waals surface area contributed by atoms with E-state index in [9.17, 15) is 9.59 Å². The van der Waals surface area contributed by atoms with Gasteiger partial charge in [-0.25, -0.2) is 0 Å². The molecule has 1 aliphatic heterocycles. The quantitative estimate of drug-likeness (QED) is 0.707. The van der Waals surface area contributed by atoms with Crippen molar-refractivity contribution in [3.63, 3.8) is 0 Å². The molecule has 2 amide bonds. The monoisotopic (exact) mass is 373 g/mol. The Kier molecular flexibility index (Phi) is 5.24. The minimum Gasteiger partial charge on any atom is -0.376 e. The highest BCUT2D eigenvalue weighted by atomic mass is 16.2. The van der Waals surface area contributed by atoms with Crippen molar-refractivity contribution in [3.05, 3.63) is 72.3 Å². The molecule has 0 saturated carbocycles. The molecule has 1 heterocycles. The number of hydrogen-bond donors (Lipinski definition) is 2. The summed E-state index contributed by atoms with van der Waals surface area (Å²) < 4.78 is 0. The van der Waals surface area contributed by atoms with Gasteiger partial charge in [0.25, 0.3) is 5.91 Å². The van der Waals surface area contributed by atoms with Crippen LogP contribution in [0.15, 0.2) is 66.7 Å². The molecule has 3 aromatic rings. The second-order valence-corrected chi connectivity index (χ2v) is 7.04. The van der Waals surface area contributed by atoms with Crippen LogP contribution in [0.4, 0.5) is 11.4 Å². The summed E-state index contributed by atoms with van der Waals surface area (Å²) in [7, 11) is 0. The van der Waals surface area contributed by atoms with Gasteiger partial charge in [-0.05, 0) is 60.0 Å². The summed E-state index contributed by atoms with van der Waals surface area (Å²) in [6, 6.07) is 21.2. The number of nitrogens with zero attached hydrogens (tertiary/aromatic N) is 1. The lowest BCUT2D eigenvalue weighted by Crippen LogP contribution is -2.27. The highest BCUT2D eigenvalue weighted by molar-refractivity contribution is 5.97. The van der Waals surface area contributed by atoms with Gasteiger partial charge < -0.3 is 15.5 Å². The molecule has 4 rings (SSSR count). The molecule has 5 nitrogen and oxygen atoms in total. The van der Waals surface area contributed by atoms with Crippen LogP contribution in [0.2, 0.25) is 0 Å². The summed E-state index contributed by atoms with van der Waals surface area (Å²) in [5.41, 5.74) is 2.27. The normalized spacial score (nSPS) is 13.5. The molecule has 2 N–H and O–H groups in total. The summed E-state index contributed by atoms with van der Waals surface area (Å²) in [5.74, 6) is -0.0365. The van der Waals surface area contributed by atoms with Gasteiger partial charge in [-0.3, -0.25) is 9.59 Å². The van der Waals surface area contributed by atoms with Gasteiger partial charge in [-0.15, -0.1) is 0 Å². The molecule has 1 fully saturated rings. The van der Waals surface area contributed by atoms with Gasteiger partial charge in [0, 0.05) is 30.0 Å². The zero-order chi connectivity index (χ0) is 19.3. The topological polar surface area (TPSA) is 61.4 Å². The fourth-order valence-corrected chi connectivity index (χ4v) is 3.49. The first-order chi connectivity index (χ1) is 13.7. The van der Waals surface area contributed by atoms with Crippen LogP contribution in [0.1, 0.15) is 23.2 Å². The van der Waals surface area contributed by atoms with Crippen LogP contribution in [-0.2, 0) is 4.79 Å². The van der Waals surface area contributed by atoms with Gasteiger partial charge in [-0.2, -0.15) is 0 Å². The number of carbonyl (C=O) groups is 2. The summed E-state index contributed by atoms with van der Waals surface area (Å²) in [5, 5.41) is 8.24. The van der Waals surface area contributed by atoms with Gasteiger partial charge in [-0.1, -0.05) is 30.3 Å². The summed E-state index contributed by atoms with van der Waals surface area (Å²) in [4.78, 5) is 26.5. The third-order valence-corrected chi connectivity index (χ3v) is 5.01. The van der Waals surface area contributed by atoms with E-state index in [1.807, 2.05) is 71.6 Å². The second kappa shape index (κ2) is 8.13. The average molecular weight is 373 g/mol. The van der Waals surface area contributed by atoms with E-state index in [2.05, 4.69) is 10.6 Å². The van der Waals surface area contributed by atoms with Crippen LogP contribution < -0.4 is 10.6 Å². The van der Waals surface area contributed by atoms with E-state index in [1.54, 1.807) is 0 Å². The largest absolute Gasteiger partial charge is 0.376 e. The zero-order valence-corrected chi connectivity index (χ0v) is 15.7. The lowest BCUT2D eigenvalue weighted by atomic mass is 10.1. The number of amides is 2. The third kappa shape index (κ3) is 4.14. The van der Waals surface area contributed by atoms with Crippen molar-refractivity contribution < 1.29 is 9.59 Å². The maximum absolute atomic E-state index is 12.4. The number of benzene rings is 3. The van der Waals surface area contributed by atoms with Crippen molar-refractivity contribution in [2.75, 3.05) is 30.3 Å². The molecular weight excluding hydrogens is 350 g/mol. The Morgan fingerprint density at radius 3 is 2.25 bits per heavy atom. The third-order valence-electron chi connectivity index (χ3n) is 5.01. The maximum Gasteiger partial charge on any atom is 0.253 e. The molecule has 0 radical (unpaired) electrons. The van der Waals surface area contributed by atoms with Crippen molar-refractivity contribution in [3.8, 4) is 0 Å². The van der Waals surface area contributed by atoms with E-state index >= 15 is 0 Å². The van der Waals surface area contributed by atoms with E-state index in [0.29, 0.717) is 5.56 Å². The van der Waals surface area contributed by atoms with Gasteiger partial charge in [0.15, 0.2) is 0 Å². The number of hydrogen-bond acceptors (Lipinski definition) is 3. The standard InChI is InChI=1S/C23H23N3O2/c27-22(25-21-12-7-17-5-1-2-6-19(17)15-21)16-24-20-10-8-18(9-11-20)23(28)26-13-3-4-14-26/h1-2,5-12,15,24H,3-4,13-14,16H2,(H,25,27). The molecule has 5 heteroatoms. The summed E-state index contributed by atoms with van der Waals surface area (Å²) >= 11 is 0. The molecule has 28 heavy (non-hydrogen) atoms. The van der Waals surface area contributed by atoms with Gasteiger partial charge in [0.2, 0.25) is 5.91 Å². The molecule has 0 aromatic heterocycles. The first kappa shape index (κ1) is 18.0. The predicted octanol–water partition coefficient (Wildman–Crippen LogP) is 4.13. The van der Waals surface area contributed by atoms with Gasteiger partial charge in [0.05, 0.1) is 6.54 Å². The Labute approximate surface area is 164 Å². The molecule has 142 valence electrons. The number of anilines is 2. The van der Waals surface area contributed by atoms with E-state index in [4.69, 9.17) is 0 Å². The number of fused-ring (bicyclic) bond motifs is 1. The molecule has 0 spiro atoms. The van der Waals surface area contributed by atoms with Crippen LogP contribution in [0, 0.1) is 0 Å². The Bertz CT molecular complexity index is 992. The minimum atomic E-state index is -0.118. The van der Waals surface area contributed by atoms with Crippen LogP contribution in [-0.4, -0.2) is 36.3 Å². The molecule has 0 atom stereocenters. The molecule has 0 aliphatic carbocycles. The smallest absolute Gasteiger partial charge is 0.253 e. The Hall–Kier alpha value is -3.34.